The third-order valence-electron chi connectivity index (χ3n) is 2.20. The van der Waals surface area contributed by atoms with Gasteiger partial charge in [-0.05, 0) is 39.0 Å². The van der Waals surface area contributed by atoms with Crippen molar-refractivity contribution in [3.05, 3.63) is 34.9 Å². The van der Waals surface area contributed by atoms with Gasteiger partial charge >= 0.3 is 18.1 Å². The van der Waals surface area contributed by atoms with E-state index in [0.29, 0.717) is 12.1 Å². The number of aromatic carboxylic acids is 1. The Morgan fingerprint density at radius 1 is 1.10 bits per heavy atom. The summed E-state index contributed by atoms with van der Waals surface area (Å²) in [5, 5.41) is 8.92. The number of alkyl halides is 3. The van der Waals surface area contributed by atoms with Crippen LogP contribution in [0.2, 0.25) is 0 Å². The fourth-order valence-electron chi connectivity index (χ4n) is 1.41. The molecule has 0 amide bonds. The van der Waals surface area contributed by atoms with Crippen LogP contribution in [-0.2, 0) is 10.9 Å². The lowest BCUT2D eigenvalue weighted by atomic mass is 10.0. The highest BCUT2D eigenvalue weighted by atomic mass is 19.4. The predicted molar refractivity (Wildman–Crippen MR) is 63.6 cm³/mol. The minimum atomic E-state index is -4.67. The van der Waals surface area contributed by atoms with Gasteiger partial charge in [-0.25, -0.2) is 9.59 Å². The number of ether oxygens (including phenoxy) is 1. The summed E-state index contributed by atoms with van der Waals surface area (Å²) in [6.07, 6.45) is -4.67. The zero-order valence-electron chi connectivity index (χ0n) is 11.0. The number of carbonyl (C=O) groups excluding carboxylic acids is 1. The lowest BCUT2D eigenvalue weighted by molar-refractivity contribution is -0.137. The van der Waals surface area contributed by atoms with Crippen LogP contribution in [-0.4, -0.2) is 22.6 Å². The molecule has 0 radical (unpaired) electrons. The molecule has 1 N–H and O–H groups in total. The minimum Gasteiger partial charge on any atom is -0.478 e. The Morgan fingerprint density at radius 3 is 2.05 bits per heavy atom. The zero-order valence-corrected chi connectivity index (χ0v) is 11.0. The molecule has 1 rings (SSSR count). The predicted octanol–water partition coefficient (Wildman–Crippen LogP) is 3.36. The molecule has 1 aromatic rings. The fraction of sp³-hybridized carbons (Fsp3) is 0.385. The first kappa shape index (κ1) is 16.0. The van der Waals surface area contributed by atoms with Crippen molar-refractivity contribution in [2.75, 3.05) is 0 Å². The van der Waals surface area contributed by atoms with Crippen molar-refractivity contribution in [2.24, 2.45) is 0 Å². The molecule has 0 aromatic heterocycles. The van der Waals surface area contributed by atoms with E-state index in [0.717, 1.165) is 6.07 Å². The number of hydrogen-bond donors (Lipinski definition) is 1. The monoisotopic (exact) mass is 290 g/mol. The third kappa shape index (κ3) is 3.97. The van der Waals surface area contributed by atoms with Crippen molar-refractivity contribution in [1.82, 2.24) is 0 Å². The van der Waals surface area contributed by atoms with Gasteiger partial charge < -0.3 is 9.84 Å². The third-order valence-corrected chi connectivity index (χ3v) is 2.20. The largest absolute Gasteiger partial charge is 0.478 e. The van der Waals surface area contributed by atoms with Gasteiger partial charge in [0.2, 0.25) is 0 Å². The molecule has 7 heteroatoms. The first-order chi connectivity index (χ1) is 8.92. The zero-order chi connectivity index (χ0) is 15.7. The van der Waals surface area contributed by atoms with Gasteiger partial charge in [-0.15, -0.1) is 0 Å². The van der Waals surface area contributed by atoms with E-state index in [9.17, 15) is 22.8 Å². The topological polar surface area (TPSA) is 63.6 Å². The number of hydrogen-bond acceptors (Lipinski definition) is 3. The van der Waals surface area contributed by atoms with Gasteiger partial charge in [-0.1, -0.05) is 0 Å². The second-order valence-electron chi connectivity index (χ2n) is 5.07. The summed E-state index contributed by atoms with van der Waals surface area (Å²) in [6, 6.07) is 1.83. The summed E-state index contributed by atoms with van der Waals surface area (Å²) in [4.78, 5) is 22.8. The van der Waals surface area contributed by atoms with Crippen LogP contribution >= 0.6 is 0 Å². The normalized spacial score (nSPS) is 12.1. The molecule has 0 bridgehead atoms. The van der Waals surface area contributed by atoms with Crippen LogP contribution in [0, 0.1) is 0 Å². The Bertz CT molecular complexity index is 542. The average Bonchev–Trinajstić information content (AvgIpc) is 2.24. The molecule has 4 nitrogen and oxygen atoms in total. The summed E-state index contributed by atoms with van der Waals surface area (Å²) in [5.74, 6) is -2.61. The second-order valence-corrected chi connectivity index (χ2v) is 5.07. The molecular weight excluding hydrogens is 277 g/mol. The highest BCUT2D eigenvalue weighted by molar-refractivity contribution is 6.02. The smallest absolute Gasteiger partial charge is 0.416 e. The SMILES string of the molecule is CC(C)(C)OC(=O)c1cc(C(F)(F)F)ccc1C(=O)O. The maximum atomic E-state index is 12.6. The van der Waals surface area contributed by atoms with Gasteiger partial charge in [-0.3, -0.25) is 0 Å². The fourth-order valence-corrected chi connectivity index (χ4v) is 1.41. The van der Waals surface area contributed by atoms with Crippen LogP contribution in [0.3, 0.4) is 0 Å². The van der Waals surface area contributed by atoms with E-state index in [4.69, 9.17) is 9.84 Å². The summed E-state index contributed by atoms with van der Waals surface area (Å²) >= 11 is 0. The summed E-state index contributed by atoms with van der Waals surface area (Å²) < 4.78 is 42.7. The van der Waals surface area contributed by atoms with Crippen LogP contribution < -0.4 is 0 Å². The van der Waals surface area contributed by atoms with E-state index in [1.807, 2.05) is 0 Å². The molecule has 0 spiro atoms. The Balaban J connectivity index is 3.33. The molecule has 0 aliphatic heterocycles. The maximum absolute atomic E-state index is 12.6. The molecular formula is C13H13F3O4. The standard InChI is InChI=1S/C13H13F3O4/c1-12(2,3)20-11(19)9-6-7(13(14,15)16)4-5-8(9)10(17)18/h4-6H,1-3H3,(H,17,18). The van der Waals surface area contributed by atoms with E-state index in [2.05, 4.69) is 0 Å². The number of benzene rings is 1. The molecule has 20 heavy (non-hydrogen) atoms. The number of rotatable bonds is 2. The summed E-state index contributed by atoms with van der Waals surface area (Å²) in [5.41, 5.74) is -3.21. The lowest BCUT2D eigenvalue weighted by Crippen LogP contribution is -2.25. The van der Waals surface area contributed by atoms with Crippen molar-refractivity contribution in [2.45, 2.75) is 32.5 Å². The number of carboxylic acids is 1. The van der Waals surface area contributed by atoms with Gasteiger partial charge in [0.1, 0.15) is 5.60 Å². The van der Waals surface area contributed by atoms with Crippen molar-refractivity contribution in [1.29, 1.82) is 0 Å². The van der Waals surface area contributed by atoms with Crippen LogP contribution in [0.4, 0.5) is 13.2 Å². The number of halogens is 3. The second kappa shape index (κ2) is 5.15. The van der Waals surface area contributed by atoms with Crippen LogP contribution in [0.1, 0.15) is 47.1 Å². The molecule has 0 atom stereocenters. The van der Waals surface area contributed by atoms with E-state index < -0.39 is 40.4 Å². The molecule has 0 fully saturated rings. The average molecular weight is 290 g/mol. The quantitative estimate of drug-likeness (QED) is 0.848. The highest BCUT2D eigenvalue weighted by Crippen LogP contribution is 2.31. The molecule has 0 heterocycles. The van der Waals surface area contributed by atoms with Gasteiger partial charge in [0.15, 0.2) is 0 Å². The summed E-state index contributed by atoms with van der Waals surface area (Å²) in [7, 11) is 0. The highest BCUT2D eigenvalue weighted by Gasteiger charge is 2.33. The maximum Gasteiger partial charge on any atom is 0.416 e. The van der Waals surface area contributed by atoms with Crippen LogP contribution in [0.15, 0.2) is 18.2 Å². The molecule has 110 valence electrons. The van der Waals surface area contributed by atoms with Crippen LogP contribution in [0.25, 0.3) is 0 Å². The van der Waals surface area contributed by atoms with Crippen molar-refractivity contribution >= 4 is 11.9 Å². The molecule has 0 saturated carbocycles. The molecule has 0 saturated heterocycles. The molecule has 0 aliphatic carbocycles. The summed E-state index contributed by atoms with van der Waals surface area (Å²) in [6.45, 7) is 4.58. The molecule has 0 aliphatic rings. The van der Waals surface area contributed by atoms with Gasteiger partial charge in [0, 0.05) is 0 Å². The number of esters is 1. The molecule has 1 aromatic carbocycles. The van der Waals surface area contributed by atoms with E-state index in [-0.39, 0.29) is 0 Å². The van der Waals surface area contributed by atoms with Crippen LogP contribution in [0.5, 0.6) is 0 Å². The Hall–Kier alpha value is -2.05. The first-order valence-corrected chi connectivity index (χ1v) is 5.60. The Labute approximate surface area is 113 Å². The lowest BCUT2D eigenvalue weighted by Gasteiger charge is -2.20. The van der Waals surface area contributed by atoms with Crippen molar-refractivity contribution < 1.29 is 32.6 Å². The minimum absolute atomic E-state index is 0.484. The van der Waals surface area contributed by atoms with Gasteiger partial charge in [-0.2, -0.15) is 13.2 Å². The number of carboxylic acid groups (broad SMARTS) is 1. The van der Waals surface area contributed by atoms with Crippen molar-refractivity contribution in [3.8, 4) is 0 Å². The first-order valence-electron chi connectivity index (χ1n) is 5.60. The van der Waals surface area contributed by atoms with Gasteiger partial charge in [0.05, 0.1) is 16.7 Å². The Morgan fingerprint density at radius 2 is 1.65 bits per heavy atom. The van der Waals surface area contributed by atoms with Crippen molar-refractivity contribution in [3.63, 3.8) is 0 Å². The number of carbonyl (C=O) groups is 2. The van der Waals surface area contributed by atoms with E-state index in [1.54, 1.807) is 0 Å². The van der Waals surface area contributed by atoms with E-state index in [1.165, 1.54) is 20.8 Å². The molecule has 0 unspecified atom stereocenters. The van der Waals surface area contributed by atoms with E-state index >= 15 is 0 Å². The Kier molecular flexibility index (Phi) is 4.12. The van der Waals surface area contributed by atoms with Gasteiger partial charge in [0.25, 0.3) is 0 Å².